The molecule has 4 aliphatic carbocycles. The minimum absolute atomic E-state index is 0.0394. The maximum absolute atomic E-state index is 12.1. The van der Waals surface area contributed by atoms with Gasteiger partial charge in [0.05, 0.1) is 6.10 Å². The van der Waals surface area contributed by atoms with Gasteiger partial charge >= 0.3 is 0 Å². The van der Waals surface area contributed by atoms with Gasteiger partial charge in [0.15, 0.2) is 5.78 Å². The standard InChI is InChI=1S/C26H35NO2/c1-26-15-22(16-4-7-18(8-5-16)27(2)3)25-20-11-9-19(28)14-17(20)6-10-21(25)23(26)12-13-24(26)29/h4-5,7-8,14,20-25,29H,6,9-13,15H2,1-3H3/t20-,21?,22+,23?,24-,25?,26-/m0/s1. The summed E-state index contributed by atoms with van der Waals surface area (Å²) >= 11 is 0. The normalized spacial score (nSPS) is 41.2. The van der Waals surface area contributed by atoms with Crippen LogP contribution in [0.2, 0.25) is 0 Å². The molecule has 29 heavy (non-hydrogen) atoms. The average Bonchev–Trinajstić information content (AvgIpc) is 3.01. The molecule has 1 aromatic rings. The van der Waals surface area contributed by atoms with E-state index in [1.165, 1.54) is 29.7 Å². The summed E-state index contributed by atoms with van der Waals surface area (Å²) in [5.74, 6) is 3.31. The van der Waals surface area contributed by atoms with Crippen molar-refractivity contribution in [2.45, 2.75) is 63.9 Å². The van der Waals surface area contributed by atoms with Crippen molar-refractivity contribution < 1.29 is 9.90 Å². The number of aliphatic hydroxyl groups is 1. The highest BCUT2D eigenvalue weighted by atomic mass is 16.3. The van der Waals surface area contributed by atoms with Gasteiger partial charge in [-0.05, 0) is 97.3 Å². The van der Waals surface area contributed by atoms with E-state index in [1.807, 2.05) is 6.08 Å². The number of hydrogen-bond donors (Lipinski definition) is 1. The summed E-state index contributed by atoms with van der Waals surface area (Å²) in [6.07, 6.45) is 9.08. The number of fused-ring (bicyclic) bond motifs is 5. The molecule has 0 spiro atoms. The number of allylic oxidation sites excluding steroid dienone is 1. The number of nitrogens with zero attached hydrogens (tertiary/aromatic N) is 1. The van der Waals surface area contributed by atoms with Crippen LogP contribution >= 0.6 is 0 Å². The summed E-state index contributed by atoms with van der Waals surface area (Å²) in [6.45, 7) is 2.36. The van der Waals surface area contributed by atoms with Crippen LogP contribution in [0.3, 0.4) is 0 Å². The molecule has 3 saturated carbocycles. The minimum Gasteiger partial charge on any atom is -0.393 e. The summed E-state index contributed by atoms with van der Waals surface area (Å²) in [5.41, 5.74) is 4.14. The molecule has 5 rings (SSSR count). The minimum atomic E-state index is -0.165. The Morgan fingerprint density at radius 3 is 2.48 bits per heavy atom. The number of ketones is 1. The molecule has 4 aliphatic rings. The Morgan fingerprint density at radius 2 is 1.76 bits per heavy atom. The van der Waals surface area contributed by atoms with Gasteiger partial charge < -0.3 is 10.0 Å². The van der Waals surface area contributed by atoms with Crippen molar-refractivity contribution in [2.75, 3.05) is 19.0 Å². The van der Waals surface area contributed by atoms with Crippen LogP contribution in [0.4, 0.5) is 5.69 Å². The van der Waals surface area contributed by atoms with Gasteiger partial charge in [-0.3, -0.25) is 4.79 Å². The largest absolute Gasteiger partial charge is 0.393 e. The highest BCUT2D eigenvalue weighted by molar-refractivity contribution is 5.91. The Hall–Kier alpha value is -1.61. The van der Waals surface area contributed by atoms with Crippen LogP contribution in [0.1, 0.15) is 63.4 Å². The average molecular weight is 394 g/mol. The number of rotatable bonds is 2. The third-order valence-corrected chi connectivity index (χ3v) is 9.09. The lowest BCUT2D eigenvalue weighted by molar-refractivity contribution is -0.116. The Kier molecular flexibility index (Phi) is 4.66. The molecular weight excluding hydrogens is 358 g/mol. The van der Waals surface area contributed by atoms with Gasteiger partial charge in [0.2, 0.25) is 0 Å². The van der Waals surface area contributed by atoms with Crippen molar-refractivity contribution in [3.8, 4) is 0 Å². The van der Waals surface area contributed by atoms with Gasteiger partial charge in [-0.2, -0.15) is 0 Å². The van der Waals surface area contributed by atoms with Crippen molar-refractivity contribution >= 4 is 11.5 Å². The monoisotopic (exact) mass is 393 g/mol. The number of carbonyl (C=O) groups excluding carboxylic acids is 1. The van der Waals surface area contributed by atoms with Gasteiger partial charge in [-0.25, -0.2) is 0 Å². The zero-order chi connectivity index (χ0) is 20.3. The van der Waals surface area contributed by atoms with E-state index in [1.54, 1.807) is 0 Å². The first-order chi connectivity index (χ1) is 13.9. The first-order valence-electron chi connectivity index (χ1n) is 11.6. The second kappa shape index (κ2) is 6.97. The third-order valence-electron chi connectivity index (χ3n) is 9.09. The van der Waals surface area contributed by atoms with Crippen molar-refractivity contribution in [3.05, 3.63) is 41.5 Å². The van der Waals surface area contributed by atoms with Crippen molar-refractivity contribution in [2.24, 2.45) is 29.1 Å². The molecule has 0 aromatic heterocycles. The quantitative estimate of drug-likeness (QED) is 0.773. The highest BCUT2D eigenvalue weighted by Crippen LogP contribution is 2.65. The summed E-state index contributed by atoms with van der Waals surface area (Å²) in [5, 5.41) is 11.0. The van der Waals surface area contributed by atoms with Crippen molar-refractivity contribution in [3.63, 3.8) is 0 Å². The first kappa shape index (κ1) is 19.4. The lowest BCUT2D eigenvalue weighted by Gasteiger charge is -2.57. The topological polar surface area (TPSA) is 40.5 Å². The van der Waals surface area contributed by atoms with E-state index in [0.717, 1.165) is 25.7 Å². The van der Waals surface area contributed by atoms with Crippen LogP contribution in [-0.4, -0.2) is 31.1 Å². The predicted molar refractivity (Wildman–Crippen MR) is 117 cm³/mol. The Labute approximate surface area is 175 Å². The molecule has 0 saturated heterocycles. The SMILES string of the molecule is CN(C)c1ccc([C@H]2C[C@@]3(C)C(CC[C@@H]3O)C3CCC4=CC(=O)CC[C@@H]4C32)cc1. The second-order valence-corrected chi connectivity index (χ2v) is 10.6. The first-order valence-corrected chi connectivity index (χ1v) is 11.6. The fraction of sp³-hybridized carbons (Fsp3) is 0.654. The van der Waals surface area contributed by atoms with Gasteiger partial charge in [-0.15, -0.1) is 0 Å². The second-order valence-electron chi connectivity index (χ2n) is 10.6. The lowest BCUT2D eigenvalue weighted by atomic mass is 9.48. The molecule has 0 heterocycles. The molecule has 3 heteroatoms. The molecule has 3 unspecified atom stereocenters. The van der Waals surface area contributed by atoms with E-state index in [-0.39, 0.29) is 11.5 Å². The van der Waals surface area contributed by atoms with Crippen LogP contribution < -0.4 is 4.90 Å². The molecular formula is C26H35NO2. The van der Waals surface area contributed by atoms with Gasteiger partial charge in [0.25, 0.3) is 0 Å². The van der Waals surface area contributed by atoms with E-state index in [9.17, 15) is 9.90 Å². The number of aliphatic hydroxyl groups excluding tert-OH is 1. The van der Waals surface area contributed by atoms with Gasteiger partial charge in [-0.1, -0.05) is 24.6 Å². The fourth-order valence-electron chi connectivity index (χ4n) is 7.64. The molecule has 7 atom stereocenters. The number of carbonyl (C=O) groups is 1. The number of benzene rings is 1. The molecule has 0 aliphatic heterocycles. The summed E-state index contributed by atoms with van der Waals surface area (Å²) in [6, 6.07) is 9.14. The molecule has 0 amide bonds. The van der Waals surface area contributed by atoms with E-state index < -0.39 is 0 Å². The predicted octanol–water partition coefficient (Wildman–Crippen LogP) is 4.95. The smallest absolute Gasteiger partial charge is 0.155 e. The fourth-order valence-corrected chi connectivity index (χ4v) is 7.64. The van der Waals surface area contributed by atoms with E-state index >= 15 is 0 Å². The van der Waals surface area contributed by atoms with E-state index in [4.69, 9.17) is 0 Å². The van der Waals surface area contributed by atoms with Crippen LogP contribution in [0.15, 0.2) is 35.9 Å². The summed E-state index contributed by atoms with van der Waals surface area (Å²) < 4.78 is 0. The number of hydrogen-bond acceptors (Lipinski definition) is 3. The summed E-state index contributed by atoms with van der Waals surface area (Å²) in [7, 11) is 4.17. The highest BCUT2D eigenvalue weighted by Gasteiger charge is 2.59. The molecule has 1 aromatic carbocycles. The number of anilines is 1. The maximum Gasteiger partial charge on any atom is 0.155 e. The molecule has 3 fully saturated rings. The van der Waals surface area contributed by atoms with Crippen LogP contribution in [0.5, 0.6) is 0 Å². The Bertz CT molecular complexity index is 826. The van der Waals surface area contributed by atoms with Crippen molar-refractivity contribution in [1.82, 2.24) is 0 Å². The lowest BCUT2D eigenvalue weighted by Crippen LogP contribution is -2.50. The van der Waals surface area contributed by atoms with Crippen LogP contribution in [-0.2, 0) is 4.79 Å². The Morgan fingerprint density at radius 1 is 1.00 bits per heavy atom. The van der Waals surface area contributed by atoms with Gasteiger partial charge in [0, 0.05) is 26.2 Å². The molecule has 1 N–H and O–H groups in total. The van der Waals surface area contributed by atoms with E-state index in [2.05, 4.69) is 50.2 Å². The van der Waals surface area contributed by atoms with Crippen molar-refractivity contribution in [1.29, 1.82) is 0 Å². The summed E-state index contributed by atoms with van der Waals surface area (Å²) in [4.78, 5) is 14.2. The third kappa shape index (κ3) is 3.00. The van der Waals surface area contributed by atoms with Crippen LogP contribution in [0, 0.1) is 29.1 Å². The molecule has 0 radical (unpaired) electrons. The molecule has 0 bridgehead atoms. The zero-order valence-electron chi connectivity index (χ0n) is 18.1. The van der Waals surface area contributed by atoms with E-state index in [0.29, 0.717) is 41.8 Å². The molecule has 3 nitrogen and oxygen atoms in total. The Balaban J connectivity index is 1.57. The maximum atomic E-state index is 12.1. The van der Waals surface area contributed by atoms with Gasteiger partial charge in [0.1, 0.15) is 0 Å². The molecule has 156 valence electrons. The zero-order valence-corrected chi connectivity index (χ0v) is 18.1. The van der Waals surface area contributed by atoms with Crippen LogP contribution in [0.25, 0.3) is 0 Å².